The summed E-state index contributed by atoms with van der Waals surface area (Å²) in [7, 11) is 0. The van der Waals surface area contributed by atoms with E-state index in [0.29, 0.717) is 26.9 Å². The van der Waals surface area contributed by atoms with Gasteiger partial charge in [-0.2, -0.15) is 0 Å². The first-order chi connectivity index (χ1) is 16.0. The molecule has 1 unspecified atom stereocenters. The summed E-state index contributed by atoms with van der Waals surface area (Å²) in [6.45, 7) is 3.68. The van der Waals surface area contributed by atoms with E-state index in [9.17, 15) is 0 Å². The Morgan fingerprint density at radius 2 is 1.88 bits per heavy atom. The summed E-state index contributed by atoms with van der Waals surface area (Å²) in [6.07, 6.45) is 12.5. The van der Waals surface area contributed by atoms with E-state index < -0.39 is 5.54 Å². The molecule has 0 saturated heterocycles. The molecule has 4 aromatic rings. The van der Waals surface area contributed by atoms with E-state index in [-0.39, 0.29) is 0 Å². The largest absolute Gasteiger partial charge is 0.313 e. The number of nitrogens with zero attached hydrogens (tertiary/aromatic N) is 3. The zero-order chi connectivity index (χ0) is 23.4. The number of halogens is 3. The van der Waals surface area contributed by atoms with Gasteiger partial charge >= 0.3 is 0 Å². The van der Waals surface area contributed by atoms with E-state index in [1.54, 1.807) is 24.7 Å². The van der Waals surface area contributed by atoms with Crippen LogP contribution in [0.4, 0.5) is 0 Å². The predicted molar refractivity (Wildman–Crippen MR) is 146 cm³/mol. The van der Waals surface area contributed by atoms with E-state index in [0.717, 1.165) is 20.1 Å². The van der Waals surface area contributed by atoms with Crippen LogP contribution in [0.1, 0.15) is 22.4 Å². The predicted octanol–water partition coefficient (Wildman–Crippen LogP) is 7.10. The first-order valence-electron chi connectivity index (χ1n) is 10.0. The smallest absolute Gasteiger partial charge is 0.139 e. The number of benzene rings is 1. The van der Waals surface area contributed by atoms with Crippen molar-refractivity contribution in [1.82, 2.24) is 15.0 Å². The van der Waals surface area contributed by atoms with Crippen LogP contribution in [0, 0.1) is 0 Å². The molecular formula is C26H19Cl2IN4. The fraction of sp³-hybridized carbons (Fsp3) is 0.0385. The van der Waals surface area contributed by atoms with Gasteiger partial charge in [-0.05, 0) is 64.6 Å². The minimum absolute atomic E-state index is 0.337. The standard InChI is InChI=1S/C26H19Cl2IN4/c1-2-3-4-9-20(29)23-24(27)19-15-17(11-12-21(19)33-25(23)28)26(30,18-8-7-13-31-16-18)22-10-5-6-14-32-22/h2-16H,1,30H2/b4-3-,20-9-. The molecule has 0 spiro atoms. The monoisotopic (exact) mass is 584 g/mol. The Morgan fingerprint density at radius 1 is 1.03 bits per heavy atom. The lowest BCUT2D eigenvalue weighted by Gasteiger charge is -2.30. The van der Waals surface area contributed by atoms with Crippen LogP contribution >= 0.6 is 45.8 Å². The van der Waals surface area contributed by atoms with E-state index >= 15 is 0 Å². The van der Waals surface area contributed by atoms with E-state index in [1.807, 2.05) is 66.8 Å². The molecule has 2 N–H and O–H groups in total. The average molecular weight is 585 g/mol. The molecular weight excluding hydrogens is 566 g/mol. The van der Waals surface area contributed by atoms with Crippen LogP contribution in [0.3, 0.4) is 0 Å². The first kappa shape index (κ1) is 23.6. The van der Waals surface area contributed by atoms with Crippen LogP contribution in [0.5, 0.6) is 0 Å². The van der Waals surface area contributed by atoms with Crippen molar-refractivity contribution in [2.24, 2.45) is 5.73 Å². The van der Waals surface area contributed by atoms with Crippen molar-refractivity contribution in [3.8, 4) is 0 Å². The van der Waals surface area contributed by atoms with Gasteiger partial charge in [0.2, 0.25) is 0 Å². The van der Waals surface area contributed by atoms with Gasteiger partial charge < -0.3 is 5.73 Å². The van der Waals surface area contributed by atoms with Crippen molar-refractivity contribution in [3.05, 3.63) is 131 Å². The fourth-order valence-electron chi connectivity index (χ4n) is 3.60. The number of hydrogen-bond donors (Lipinski definition) is 1. The van der Waals surface area contributed by atoms with Crippen molar-refractivity contribution in [1.29, 1.82) is 0 Å². The van der Waals surface area contributed by atoms with Gasteiger partial charge in [0, 0.05) is 38.7 Å². The third kappa shape index (κ3) is 4.59. The van der Waals surface area contributed by atoms with Crippen LogP contribution in [-0.2, 0) is 5.54 Å². The molecule has 1 atom stereocenters. The van der Waals surface area contributed by atoms with E-state index in [1.165, 1.54) is 0 Å². The Balaban J connectivity index is 1.96. The fourth-order valence-corrected chi connectivity index (χ4v) is 5.33. The molecule has 0 aliphatic heterocycles. The maximum absolute atomic E-state index is 7.09. The van der Waals surface area contributed by atoms with Gasteiger partial charge in [-0.15, -0.1) is 0 Å². The second-order valence-electron chi connectivity index (χ2n) is 7.22. The summed E-state index contributed by atoms with van der Waals surface area (Å²) in [4.78, 5) is 13.4. The zero-order valence-corrected chi connectivity index (χ0v) is 21.1. The van der Waals surface area contributed by atoms with Crippen molar-refractivity contribution >= 4 is 60.3 Å². The van der Waals surface area contributed by atoms with Crippen molar-refractivity contribution in [2.75, 3.05) is 0 Å². The van der Waals surface area contributed by atoms with Crippen molar-refractivity contribution < 1.29 is 0 Å². The second-order valence-corrected chi connectivity index (χ2v) is 9.12. The molecule has 33 heavy (non-hydrogen) atoms. The van der Waals surface area contributed by atoms with Crippen molar-refractivity contribution in [2.45, 2.75) is 5.54 Å². The third-order valence-corrected chi connectivity index (χ3v) is 6.81. The number of fused-ring (bicyclic) bond motifs is 1. The molecule has 7 heteroatoms. The molecule has 0 aliphatic rings. The van der Waals surface area contributed by atoms with Gasteiger partial charge in [-0.3, -0.25) is 9.97 Å². The zero-order valence-electron chi connectivity index (χ0n) is 17.4. The molecule has 0 fully saturated rings. The summed E-state index contributed by atoms with van der Waals surface area (Å²) < 4.78 is 0.858. The molecule has 0 amide bonds. The lowest BCUT2D eigenvalue weighted by atomic mass is 9.81. The quantitative estimate of drug-likeness (QED) is 0.149. The average Bonchev–Trinajstić information content (AvgIpc) is 2.84. The van der Waals surface area contributed by atoms with Gasteiger partial charge in [0.1, 0.15) is 10.7 Å². The Labute approximate surface area is 216 Å². The van der Waals surface area contributed by atoms with Gasteiger partial charge in [0.15, 0.2) is 0 Å². The number of rotatable bonds is 6. The molecule has 4 rings (SSSR count). The number of aromatic nitrogens is 3. The molecule has 3 aromatic heterocycles. The molecule has 0 saturated carbocycles. The number of nitrogens with two attached hydrogens (primary N) is 1. The lowest BCUT2D eigenvalue weighted by Crippen LogP contribution is -2.40. The highest BCUT2D eigenvalue weighted by molar-refractivity contribution is 14.1. The molecule has 0 radical (unpaired) electrons. The third-order valence-electron chi connectivity index (χ3n) is 5.25. The summed E-state index contributed by atoms with van der Waals surface area (Å²) in [6, 6.07) is 15.2. The van der Waals surface area contributed by atoms with Gasteiger partial charge in [0.25, 0.3) is 0 Å². The Bertz CT molecular complexity index is 1330. The maximum Gasteiger partial charge on any atom is 0.139 e. The Morgan fingerprint density at radius 3 is 2.58 bits per heavy atom. The number of pyridine rings is 3. The molecule has 0 aliphatic carbocycles. The van der Waals surface area contributed by atoms with Gasteiger partial charge in [-0.1, -0.05) is 66.2 Å². The lowest BCUT2D eigenvalue weighted by molar-refractivity contribution is 0.626. The normalized spacial score (nSPS) is 13.9. The molecule has 164 valence electrons. The Kier molecular flexibility index (Phi) is 7.24. The minimum Gasteiger partial charge on any atom is -0.313 e. The molecule has 1 aromatic carbocycles. The first-order valence-corrected chi connectivity index (χ1v) is 11.9. The van der Waals surface area contributed by atoms with Gasteiger partial charge in [-0.25, -0.2) is 4.98 Å². The summed E-state index contributed by atoms with van der Waals surface area (Å²) >= 11 is 15.6. The van der Waals surface area contributed by atoms with E-state index in [4.69, 9.17) is 28.9 Å². The van der Waals surface area contributed by atoms with E-state index in [2.05, 4.69) is 44.1 Å². The topological polar surface area (TPSA) is 64.7 Å². The summed E-state index contributed by atoms with van der Waals surface area (Å²) in [5.41, 5.74) is 9.71. The molecule has 4 nitrogen and oxygen atoms in total. The van der Waals surface area contributed by atoms with Gasteiger partial charge in [0.05, 0.1) is 16.2 Å². The SMILES string of the molecule is C=C/C=C\C=C(/I)c1c(Cl)nc2ccc(C(N)(c3cccnc3)c3ccccn3)cc2c1Cl. The van der Waals surface area contributed by atoms with Crippen LogP contribution in [-0.4, -0.2) is 15.0 Å². The van der Waals surface area contributed by atoms with Crippen LogP contribution < -0.4 is 5.73 Å². The Hall–Kier alpha value is -2.58. The van der Waals surface area contributed by atoms with Crippen LogP contribution in [0.2, 0.25) is 10.2 Å². The minimum atomic E-state index is -1.04. The summed E-state index contributed by atoms with van der Waals surface area (Å²) in [5.74, 6) is 0. The van der Waals surface area contributed by atoms with Crippen LogP contribution in [0.25, 0.3) is 14.5 Å². The highest BCUT2D eigenvalue weighted by atomic mass is 127. The highest BCUT2D eigenvalue weighted by Crippen LogP contribution is 2.41. The highest BCUT2D eigenvalue weighted by Gasteiger charge is 2.34. The van der Waals surface area contributed by atoms with Crippen LogP contribution in [0.15, 0.2) is 98.0 Å². The maximum atomic E-state index is 7.09. The number of hydrogen-bond acceptors (Lipinski definition) is 4. The second kappa shape index (κ2) is 10.1. The number of allylic oxidation sites excluding steroid dienone is 4. The summed E-state index contributed by atoms with van der Waals surface area (Å²) in [5, 5.41) is 1.59. The molecule has 0 bridgehead atoms. The van der Waals surface area contributed by atoms with Crippen molar-refractivity contribution in [3.63, 3.8) is 0 Å². The molecule has 3 heterocycles.